The van der Waals surface area contributed by atoms with Gasteiger partial charge < -0.3 is 19.5 Å². The molecule has 1 atom stereocenters. The van der Waals surface area contributed by atoms with E-state index < -0.39 is 17.7 Å². The summed E-state index contributed by atoms with van der Waals surface area (Å²) in [5.41, 5.74) is 3.61. The lowest BCUT2D eigenvalue weighted by molar-refractivity contribution is -0.140. The first-order valence-corrected chi connectivity index (χ1v) is 11.1. The molecule has 2 aromatic rings. The van der Waals surface area contributed by atoms with Crippen LogP contribution in [0.1, 0.15) is 54.5 Å². The number of likely N-dealkylation sites (tertiary alicyclic amines) is 1. The Kier molecular flexibility index (Phi) is 6.33. The molecule has 6 heteroatoms. The van der Waals surface area contributed by atoms with Crippen molar-refractivity contribution in [3.05, 3.63) is 70.3 Å². The molecule has 0 aliphatic carbocycles. The molecule has 0 saturated carbocycles. The number of aliphatic hydroxyl groups is 1. The fraction of sp³-hybridized carbons (Fsp3) is 0.385. The SMILES string of the molecule is COCCCN1C(=O)C(=O)/C(=C(\O)c2ccc3c(c2)CCO3)C1c1ccc(C(C)C)cc1. The monoisotopic (exact) mass is 435 g/mol. The van der Waals surface area contributed by atoms with E-state index in [9.17, 15) is 14.7 Å². The van der Waals surface area contributed by atoms with Gasteiger partial charge in [-0.15, -0.1) is 0 Å². The van der Waals surface area contributed by atoms with Gasteiger partial charge in [0, 0.05) is 32.2 Å². The number of nitrogens with zero attached hydrogens (tertiary/aromatic N) is 1. The van der Waals surface area contributed by atoms with Gasteiger partial charge in [-0.2, -0.15) is 0 Å². The third-order valence-corrected chi connectivity index (χ3v) is 6.17. The molecule has 2 aromatic carbocycles. The van der Waals surface area contributed by atoms with Gasteiger partial charge in [-0.25, -0.2) is 0 Å². The second-order valence-corrected chi connectivity index (χ2v) is 8.58. The third-order valence-electron chi connectivity index (χ3n) is 6.17. The third kappa shape index (κ3) is 4.02. The molecule has 1 N–H and O–H groups in total. The number of carbonyl (C=O) groups excluding carboxylic acids is 2. The molecule has 1 unspecified atom stereocenters. The quantitative estimate of drug-likeness (QED) is 0.305. The van der Waals surface area contributed by atoms with E-state index in [1.54, 1.807) is 24.1 Å². The molecule has 168 valence electrons. The topological polar surface area (TPSA) is 76.1 Å². The van der Waals surface area contributed by atoms with E-state index in [0.29, 0.717) is 37.7 Å². The molecule has 2 heterocycles. The molecule has 0 aromatic heterocycles. The summed E-state index contributed by atoms with van der Waals surface area (Å²) < 4.78 is 10.7. The summed E-state index contributed by atoms with van der Waals surface area (Å²) in [6, 6.07) is 12.7. The number of ketones is 1. The fourth-order valence-corrected chi connectivity index (χ4v) is 4.39. The van der Waals surface area contributed by atoms with E-state index in [2.05, 4.69) is 13.8 Å². The summed E-state index contributed by atoms with van der Waals surface area (Å²) >= 11 is 0. The van der Waals surface area contributed by atoms with E-state index in [0.717, 1.165) is 23.3 Å². The van der Waals surface area contributed by atoms with Crippen LogP contribution in [-0.2, 0) is 20.7 Å². The van der Waals surface area contributed by atoms with Crippen molar-refractivity contribution in [1.82, 2.24) is 4.90 Å². The van der Waals surface area contributed by atoms with E-state index in [4.69, 9.17) is 9.47 Å². The van der Waals surface area contributed by atoms with Crippen LogP contribution < -0.4 is 4.74 Å². The molecule has 0 bridgehead atoms. The molecule has 1 amide bonds. The number of hydrogen-bond donors (Lipinski definition) is 1. The van der Waals surface area contributed by atoms with E-state index in [-0.39, 0.29) is 11.3 Å². The Morgan fingerprint density at radius 3 is 2.62 bits per heavy atom. The predicted molar refractivity (Wildman–Crippen MR) is 122 cm³/mol. The van der Waals surface area contributed by atoms with Crippen molar-refractivity contribution >= 4 is 17.4 Å². The highest BCUT2D eigenvalue weighted by Crippen LogP contribution is 2.40. The fourth-order valence-electron chi connectivity index (χ4n) is 4.39. The highest BCUT2D eigenvalue weighted by Gasteiger charge is 2.45. The maximum absolute atomic E-state index is 13.1. The number of ether oxygens (including phenoxy) is 2. The van der Waals surface area contributed by atoms with Crippen LogP contribution in [0.3, 0.4) is 0 Å². The highest BCUT2D eigenvalue weighted by molar-refractivity contribution is 6.46. The number of aliphatic hydroxyl groups excluding tert-OH is 1. The van der Waals surface area contributed by atoms with Gasteiger partial charge in [0.1, 0.15) is 11.5 Å². The van der Waals surface area contributed by atoms with Crippen molar-refractivity contribution in [3.63, 3.8) is 0 Å². The minimum Gasteiger partial charge on any atom is -0.507 e. The molecule has 4 rings (SSSR count). The standard InChI is InChI=1S/C26H29NO5/c1-16(2)17-5-7-18(8-6-17)23-22(25(29)26(30)27(23)12-4-13-31-3)24(28)20-9-10-21-19(15-20)11-14-32-21/h5-10,15-16,23,28H,4,11-14H2,1-3H3/b24-22-. The molecule has 1 saturated heterocycles. The first-order valence-electron chi connectivity index (χ1n) is 11.1. The van der Waals surface area contributed by atoms with Crippen LogP contribution in [-0.4, -0.2) is 48.6 Å². The lowest BCUT2D eigenvalue weighted by Gasteiger charge is -2.25. The van der Waals surface area contributed by atoms with Crippen molar-refractivity contribution in [3.8, 4) is 5.75 Å². The zero-order chi connectivity index (χ0) is 22.8. The summed E-state index contributed by atoms with van der Waals surface area (Å²) in [5.74, 6) is -0.238. The summed E-state index contributed by atoms with van der Waals surface area (Å²) in [4.78, 5) is 27.6. The van der Waals surface area contributed by atoms with Gasteiger partial charge in [-0.3, -0.25) is 9.59 Å². The Morgan fingerprint density at radius 1 is 1.19 bits per heavy atom. The largest absolute Gasteiger partial charge is 0.507 e. The van der Waals surface area contributed by atoms with Crippen molar-refractivity contribution in [2.75, 3.05) is 26.9 Å². The lowest BCUT2D eigenvalue weighted by Crippen LogP contribution is -2.31. The predicted octanol–water partition coefficient (Wildman–Crippen LogP) is 4.20. The van der Waals surface area contributed by atoms with Gasteiger partial charge >= 0.3 is 0 Å². The van der Waals surface area contributed by atoms with Crippen LogP contribution in [0.5, 0.6) is 5.75 Å². The van der Waals surface area contributed by atoms with E-state index in [1.165, 1.54) is 5.56 Å². The van der Waals surface area contributed by atoms with Crippen LogP contribution in [0.2, 0.25) is 0 Å². The average molecular weight is 436 g/mol. The molecule has 6 nitrogen and oxygen atoms in total. The Hall–Kier alpha value is -3.12. The summed E-state index contributed by atoms with van der Waals surface area (Å²) in [5, 5.41) is 11.2. The van der Waals surface area contributed by atoms with Gasteiger partial charge in [0.25, 0.3) is 11.7 Å². The zero-order valence-electron chi connectivity index (χ0n) is 18.8. The van der Waals surface area contributed by atoms with Crippen LogP contribution in [0.25, 0.3) is 5.76 Å². The number of Topliss-reactive ketones (excluding diaryl/α,β-unsaturated/α-hetero) is 1. The smallest absolute Gasteiger partial charge is 0.295 e. The lowest BCUT2D eigenvalue weighted by atomic mass is 9.92. The van der Waals surface area contributed by atoms with Gasteiger partial charge in [-0.05, 0) is 47.2 Å². The van der Waals surface area contributed by atoms with Crippen molar-refractivity contribution in [1.29, 1.82) is 0 Å². The summed E-state index contributed by atoms with van der Waals surface area (Å²) in [6.07, 6.45) is 1.35. The maximum atomic E-state index is 13.1. The number of methoxy groups -OCH3 is 1. The Bertz CT molecular complexity index is 1050. The average Bonchev–Trinajstić information content (AvgIpc) is 3.36. The van der Waals surface area contributed by atoms with Gasteiger partial charge in [0.2, 0.25) is 0 Å². The Balaban J connectivity index is 1.79. The molecule has 2 aliphatic rings. The summed E-state index contributed by atoms with van der Waals surface area (Å²) in [6.45, 7) is 5.68. The number of fused-ring (bicyclic) bond motifs is 1. The maximum Gasteiger partial charge on any atom is 0.295 e. The van der Waals surface area contributed by atoms with Crippen molar-refractivity contribution < 1.29 is 24.2 Å². The number of benzene rings is 2. The molecular formula is C26H29NO5. The Morgan fingerprint density at radius 2 is 1.94 bits per heavy atom. The van der Waals surface area contributed by atoms with Crippen LogP contribution in [0, 0.1) is 0 Å². The molecule has 32 heavy (non-hydrogen) atoms. The number of amides is 1. The first kappa shape index (κ1) is 22.1. The highest BCUT2D eigenvalue weighted by atomic mass is 16.5. The Labute approximate surface area is 188 Å². The molecular weight excluding hydrogens is 406 g/mol. The molecule has 1 fully saturated rings. The number of rotatable bonds is 7. The van der Waals surface area contributed by atoms with E-state index >= 15 is 0 Å². The minimum absolute atomic E-state index is 0.128. The van der Waals surface area contributed by atoms with Crippen LogP contribution in [0.15, 0.2) is 48.0 Å². The van der Waals surface area contributed by atoms with Gasteiger partial charge in [0.15, 0.2) is 0 Å². The minimum atomic E-state index is -0.658. The van der Waals surface area contributed by atoms with Crippen molar-refractivity contribution in [2.45, 2.75) is 38.6 Å². The van der Waals surface area contributed by atoms with Gasteiger partial charge in [0.05, 0.1) is 18.2 Å². The zero-order valence-corrected chi connectivity index (χ0v) is 18.8. The first-order chi connectivity index (χ1) is 15.4. The van der Waals surface area contributed by atoms with Crippen LogP contribution in [0.4, 0.5) is 0 Å². The number of hydrogen-bond acceptors (Lipinski definition) is 5. The second kappa shape index (κ2) is 9.17. The van der Waals surface area contributed by atoms with Crippen LogP contribution >= 0.6 is 0 Å². The molecule has 2 aliphatic heterocycles. The number of carbonyl (C=O) groups is 2. The second-order valence-electron chi connectivity index (χ2n) is 8.58. The molecule has 0 radical (unpaired) electrons. The van der Waals surface area contributed by atoms with Crippen molar-refractivity contribution in [2.24, 2.45) is 0 Å². The summed E-state index contributed by atoms with van der Waals surface area (Å²) in [7, 11) is 1.60. The van der Waals surface area contributed by atoms with E-state index in [1.807, 2.05) is 30.3 Å². The van der Waals surface area contributed by atoms with Gasteiger partial charge in [-0.1, -0.05) is 38.1 Å². The molecule has 0 spiro atoms. The normalized spacial score (nSPS) is 19.5.